The van der Waals surface area contributed by atoms with Gasteiger partial charge < -0.3 is 24.6 Å². The number of ether oxygens (including phenoxy) is 2. The second-order valence-electron chi connectivity index (χ2n) is 14.0. The van der Waals surface area contributed by atoms with E-state index in [4.69, 9.17) is 19.1 Å². The summed E-state index contributed by atoms with van der Waals surface area (Å²) in [6.45, 7) is 2.16. The highest BCUT2D eigenvalue weighted by Gasteiger charge is 2.27. The highest BCUT2D eigenvalue weighted by molar-refractivity contribution is 7.47. The van der Waals surface area contributed by atoms with Gasteiger partial charge in [-0.2, -0.15) is 0 Å². The van der Waals surface area contributed by atoms with Crippen molar-refractivity contribution < 1.29 is 47.8 Å². The van der Waals surface area contributed by atoms with Crippen molar-refractivity contribution in [2.24, 2.45) is 0 Å². The summed E-state index contributed by atoms with van der Waals surface area (Å²) in [5.74, 6) is -1.01. The molecule has 0 heterocycles. The van der Waals surface area contributed by atoms with Gasteiger partial charge in [0, 0.05) is 12.8 Å². The molecule has 0 aliphatic heterocycles. The van der Waals surface area contributed by atoms with E-state index >= 15 is 0 Å². The van der Waals surface area contributed by atoms with Gasteiger partial charge in [-0.05, 0) is 89.9 Å². The molecule has 0 aliphatic carbocycles. The molecule has 10 nitrogen and oxygen atoms in total. The average molecular weight is 821 g/mol. The van der Waals surface area contributed by atoms with Gasteiger partial charge in [0.05, 0.1) is 19.8 Å². The number of unbranched alkanes of at least 4 members (excludes halogenated alkanes) is 11. The molecule has 0 aromatic carbocycles. The zero-order chi connectivity index (χ0) is 41.9. The maximum absolute atomic E-state index is 12.6. The van der Waals surface area contributed by atoms with Gasteiger partial charge >= 0.3 is 19.8 Å². The molecule has 0 saturated heterocycles. The number of allylic oxidation sites excluding steroid dienone is 14. The first-order valence-electron chi connectivity index (χ1n) is 21.5. The van der Waals surface area contributed by atoms with E-state index < -0.39 is 51.8 Å². The summed E-state index contributed by atoms with van der Waals surface area (Å²) in [6, 6.07) is 0. The number of phosphoric acid groups is 1. The largest absolute Gasteiger partial charge is 0.472 e. The number of rotatable bonds is 39. The van der Waals surface area contributed by atoms with Crippen molar-refractivity contribution in [2.45, 2.75) is 167 Å². The van der Waals surface area contributed by atoms with Crippen molar-refractivity contribution in [1.82, 2.24) is 0 Å². The van der Waals surface area contributed by atoms with E-state index in [9.17, 15) is 24.2 Å². The van der Waals surface area contributed by atoms with Gasteiger partial charge in [0.25, 0.3) is 0 Å². The number of carbonyl (C=O) groups is 2. The van der Waals surface area contributed by atoms with Crippen LogP contribution in [0.15, 0.2) is 85.1 Å². The van der Waals surface area contributed by atoms with Crippen LogP contribution in [0.25, 0.3) is 0 Å². The van der Waals surface area contributed by atoms with Crippen LogP contribution in [0.5, 0.6) is 0 Å². The van der Waals surface area contributed by atoms with Crippen molar-refractivity contribution >= 4 is 19.8 Å². The monoisotopic (exact) mass is 821 g/mol. The summed E-state index contributed by atoms with van der Waals surface area (Å²) >= 11 is 0. The first-order chi connectivity index (χ1) is 27.7. The number of hydrogen-bond donors (Lipinski definition) is 3. The Morgan fingerprint density at radius 1 is 0.544 bits per heavy atom. The van der Waals surface area contributed by atoms with Crippen molar-refractivity contribution in [3.63, 3.8) is 0 Å². The van der Waals surface area contributed by atoms with Crippen molar-refractivity contribution in [3.8, 4) is 0 Å². The third kappa shape index (κ3) is 41.1. The van der Waals surface area contributed by atoms with Crippen LogP contribution in [0.1, 0.15) is 155 Å². The number of hydrogen-bond acceptors (Lipinski definition) is 9. The molecule has 0 aromatic heterocycles. The molecule has 3 atom stereocenters. The lowest BCUT2D eigenvalue weighted by Gasteiger charge is -2.20. The summed E-state index contributed by atoms with van der Waals surface area (Å²) in [5.41, 5.74) is 0. The summed E-state index contributed by atoms with van der Waals surface area (Å²) in [7, 11) is -4.64. The normalized spacial score (nSPS) is 14.7. The number of carbonyl (C=O) groups excluding carboxylic acids is 2. The second kappa shape index (κ2) is 41.3. The van der Waals surface area contributed by atoms with Crippen LogP contribution in [0, 0.1) is 0 Å². The molecular weight excluding hydrogens is 743 g/mol. The van der Waals surface area contributed by atoms with Crippen LogP contribution in [-0.2, 0) is 32.7 Å². The fraction of sp³-hybridized carbons (Fsp3) is 0.652. The molecule has 11 heteroatoms. The number of phosphoric ester groups is 1. The molecule has 0 rings (SSSR count). The Labute approximate surface area is 345 Å². The van der Waals surface area contributed by atoms with Gasteiger partial charge in [0.2, 0.25) is 0 Å². The molecule has 0 aliphatic rings. The Morgan fingerprint density at radius 2 is 0.965 bits per heavy atom. The minimum atomic E-state index is -4.64. The molecule has 57 heavy (non-hydrogen) atoms. The minimum absolute atomic E-state index is 0.133. The minimum Gasteiger partial charge on any atom is -0.462 e. The Hall–Kier alpha value is -2.85. The smallest absolute Gasteiger partial charge is 0.462 e. The van der Waals surface area contributed by atoms with Gasteiger partial charge in [-0.1, -0.05) is 137 Å². The first-order valence-corrected chi connectivity index (χ1v) is 23.0. The van der Waals surface area contributed by atoms with E-state index in [0.717, 1.165) is 77.0 Å². The molecule has 0 saturated carbocycles. The van der Waals surface area contributed by atoms with Crippen molar-refractivity contribution in [2.75, 3.05) is 26.4 Å². The molecule has 0 amide bonds. The Morgan fingerprint density at radius 3 is 1.49 bits per heavy atom. The lowest BCUT2D eigenvalue weighted by atomic mass is 10.1. The average Bonchev–Trinajstić information content (AvgIpc) is 3.20. The van der Waals surface area contributed by atoms with Crippen molar-refractivity contribution in [3.05, 3.63) is 85.1 Å². The zero-order valence-corrected chi connectivity index (χ0v) is 36.2. The summed E-state index contributed by atoms with van der Waals surface area (Å²) in [6.07, 6.45) is 48.4. The molecule has 0 fully saturated rings. The van der Waals surface area contributed by atoms with E-state index in [2.05, 4.69) is 103 Å². The molecule has 0 radical (unpaired) electrons. The summed E-state index contributed by atoms with van der Waals surface area (Å²) < 4.78 is 32.6. The SMILES string of the molecule is CC/C=C/C/C=C/C/C=C/C/C=C/C/C=C/CCCCCC(=O)O[C@H](COC(=O)CCCC/C=C/C/C=C/CCCCCCCC)COP(=O)(O)OC[C@@H](O)CO. The second-order valence-corrected chi connectivity index (χ2v) is 15.4. The maximum Gasteiger partial charge on any atom is 0.472 e. The predicted octanol–water partition coefficient (Wildman–Crippen LogP) is 11.4. The number of aliphatic hydroxyl groups is 2. The van der Waals surface area contributed by atoms with Crippen LogP contribution < -0.4 is 0 Å². The van der Waals surface area contributed by atoms with Gasteiger partial charge in [-0.15, -0.1) is 0 Å². The standard InChI is InChI=1S/C46H77O10P/c1-3-5-7-9-11-13-15-17-19-20-21-22-24-26-28-30-32-34-36-38-46(50)56-44(42-55-57(51,52)54-40-43(48)39-47)41-53-45(49)37-35-33-31-29-27-25-23-18-16-14-12-10-8-6-4-2/h5,7,11,13,17-19,21-23,26-29,43-44,47-48H,3-4,6,8-10,12,14-16,20,24-25,30-42H2,1-2H3,(H,51,52)/b7-5+,13-11+,19-17+,22-21+,23-18+,28-26+,29-27+/t43-,44+/m0/s1. The Kier molecular flexibility index (Phi) is 39.2. The topological polar surface area (TPSA) is 149 Å². The summed E-state index contributed by atoms with van der Waals surface area (Å²) in [5, 5.41) is 18.3. The van der Waals surface area contributed by atoms with Gasteiger partial charge in [0.15, 0.2) is 6.10 Å². The van der Waals surface area contributed by atoms with Crippen molar-refractivity contribution in [1.29, 1.82) is 0 Å². The third-order valence-corrected chi connectivity index (χ3v) is 9.48. The van der Waals surface area contributed by atoms with E-state index in [1.807, 2.05) is 0 Å². The van der Waals surface area contributed by atoms with Crippen LogP contribution in [0.4, 0.5) is 0 Å². The summed E-state index contributed by atoms with van der Waals surface area (Å²) in [4.78, 5) is 35.0. The van der Waals surface area contributed by atoms with E-state index in [1.54, 1.807) is 0 Å². The number of esters is 2. The highest BCUT2D eigenvalue weighted by atomic mass is 31.2. The van der Waals surface area contributed by atoms with Crippen LogP contribution in [0.2, 0.25) is 0 Å². The molecule has 1 unspecified atom stereocenters. The van der Waals surface area contributed by atoms with Gasteiger partial charge in [0.1, 0.15) is 12.7 Å². The first kappa shape index (κ1) is 54.2. The highest BCUT2D eigenvalue weighted by Crippen LogP contribution is 2.43. The van der Waals surface area contributed by atoms with Crippen LogP contribution in [-0.4, -0.2) is 65.7 Å². The van der Waals surface area contributed by atoms with Gasteiger partial charge in [-0.25, -0.2) is 4.57 Å². The number of aliphatic hydroxyl groups excluding tert-OH is 2. The van der Waals surface area contributed by atoms with Gasteiger partial charge in [-0.3, -0.25) is 18.6 Å². The predicted molar refractivity (Wildman–Crippen MR) is 233 cm³/mol. The lowest BCUT2D eigenvalue weighted by Crippen LogP contribution is -2.29. The zero-order valence-electron chi connectivity index (χ0n) is 35.3. The molecule has 0 spiro atoms. The van der Waals surface area contributed by atoms with Crippen LogP contribution in [0.3, 0.4) is 0 Å². The lowest BCUT2D eigenvalue weighted by molar-refractivity contribution is -0.161. The fourth-order valence-electron chi connectivity index (χ4n) is 5.22. The molecule has 3 N–H and O–H groups in total. The Bertz CT molecular complexity index is 1220. The fourth-order valence-corrected chi connectivity index (χ4v) is 6.01. The van der Waals surface area contributed by atoms with E-state index in [0.29, 0.717) is 12.8 Å². The molecular formula is C46H77O10P. The molecule has 326 valence electrons. The van der Waals surface area contributed by atoms with E-state index in [-0.39, 0.29) is 19.4 Å². The van der Waals surface area contributed by atoms with Crippen LogP contribution >= 0.6 is 7.82 Å². The Balaban J connectivity index is 4.44. The molecule has 0 aromatic rings. The van der Waals surface area contributed by atoms with E-state index in [1.165, 1.54) is 38.5 Å². The maximum atomic E-state index is 12.6. The molecule has 0 bridgehead atoms. The third-order valence-electron chi connectivity index (χ3n) is 8.53. The quantitative estimate of drug-likeness (QED) is 0.0237.